The zero-order valence-corrected chi connectivity index (χ0v) is 9.11. The van der Waals surface area contributed by atoms with Crippen molar-refractivity contribution >= 4 is 29.0 Å². The molecule has 0 saturated heterocycles. The monoisotopic (exact) mass is 212 g/mol. The highest BCUT2D eigenvalue weighted by Gasteiger charge is 2.23. The second-order valence-corrected chi connectivity index (χ2v) is 4.55. The third kappa shape index (κ3) is 3.10. The van der Waals surface area contributed by atoms with Gasteiger partial charge in [0.1, 0.15) is 0 Å². The van der Waals surface area contributed by atoms with Gasteiger partial charge in [0, 0.05) is 10.6 Å². The average molecular weight is 212 g/mol. The van der Waals surface area contributed by atoms with Gasteiger partial charge in [-0.3, -0.25) is 0 Å². The topological polar surface area (TPSA) is 20.2 Å². The Morgan fingerprint density at radius 1 is 1.46 bits per heavy atom. The van der Waals surface area contributed by atoms with E-state index in [1.54, 1.807) is 6.92 Å². The quantitative estimate of drug-likeness (QED) is 0.593. The summed E-state index contributed by atoms with van der Waals surface area (Å²) in [5.74, 6) is 0. The Balaban J connectivity index is 2.87. The molecule has 0 spiro atoms. The van der Waals surface area contributed by atoms with Crippen LogP contribution in [-0.2, 0) is 5.60 Å². The minimum absolute atomic E-state index is 0.398. The first kappa shape index (κ1) is 10.7. The van der Waals surface area contributed by atoms with E-state index in [0.29, 0.717) is 10.6 Å². The first-order valence-corrected chi connectivity index (χ1v) is 4.87. The van der Waals surface area contributed by atoms with Crippen LogP contribution in [-0.4, -0.2) is 9.30 Å². The zero-order valence-electron chi connectivity index (χ0n) is 7.40. The van der Waals surface area contributed by atoms with Crippen molar-refractivity contribution in [3.8, 4) is 0 Å². The van der Waals surface area contributed by atoms with E-state index >= 15 is 0 Å². The van der Waals surface area contributed by atoms with Gasteiger partial charge < -0.3 is 5.11 Å². The Labute approximate surface area is 89.2 Å². The van der Waals surface area contributed by atoms with Crippen molar-refractivity contribution in [2.75, 3.05) is 0 Å². The predicted octanol–water partition coefficient (Wildman–Crippen LogP) is 2.54. The molecule has 0 amide bonds. The van der Waals surface area contributed by atoms with Crippen LogP contribution in [0.4, 0.5) is 0 Å². The van der Waals surface area contributed by atoms with E-state index in [2.05, 4.69) is 12.6 Å². The molecule has 0 heterocycles. The number of hydrogen-bond donors (Lipinski definition) is 2. The molecule has 1 N–H and O–H groups in total. The van der Waals surface area contributed by atoms with Gasteiger partial charge in [0.05, 0.1) is 5.60 Å². The Bertz CT molecular complexity index is 293. The van der Waals surface area contributed by atoms with Crippen LogP contribution in [0.25, 0.3) is 0 Å². The second-order valence-electron chi connectivity index (χ2n) is 3.21. The van der Waals surface area contributed by atoms with Crippen molar-refractivity contribution in [2.45, 2.75) is 18.9 Å². The molecule has 70 valence electrons. The largest absolute Gasteiger partial charge is 0.385 e. The highest BCUT2D eigenvalue weighted by Crippen LogP contribution is 2.25. The van der Waals surface area contributed by atoms with Crippen LogP contribution in [0.2, 0.25) is 0 Å². The maximum absolute atomic E-state index is 10.0. The fraction of sp³-hybridized carbons (Fsp3) is 0.300. The maximum atomic E-state index is 10.0. The number of rotatable bonds is 3. The van der Waals surface area contributed by atoms with Gasteiger partial charge in [0.15, 0.2) is 0 Å². The number of thiol groups is 1. The van der Waals surface area contributed by atoms with Crippen LogP contribution in [0, 0.1) is 0 Å². The van der Waals surface area contributed by atoms with Gasteiger partial charge in [-0.25, -0.2) is 0 Å². The predicted molar refractivity (Wildman–Crippen MR) is 62.2 cm³/mol. The molecule has 0 aliphatic rings. The summed E-state index contributed by atoms with van der Waals surface area (Å²) in [4.78, 5) is 0. The van der Waals surface area contributed by atoms with E-state index in [1.165, 1.54) is 0 Å². The number of benzene rings is 1. The lowest BCUT2D eigenvalue weighted by Gasteiger charge is -2.22. The Morgan fingerprint density at radius 2 is 2.00 bits per heavy atom. The lowest BCUT2D eigenvalue weighted by Crippen LogP contribution is -2.22. The first-order valence-electron chi connectivity index (χ1n) is 4.02. The summed E-state index contributed by atoms with van der Waals surface area (Å²) in [6, 6.07) is 9.47. The number of hydrogen-bond acceptors (Lipinski definition) is 2. The average Bonchev–Trinajstić information content (AvgIpc) is 2.04. The lowest BCUT2D eigenvalue weighted by atomic mass is 9.93. The molecule has 1 rings (SSSR count). The molecule has 0 saturated carbocycles. The lowest BCUT2D eigenvalue weighted by molar-refractivity contribution is 0.0666. The minimum Gasteiger partial charge on any atom is -0.385 e. The van der Waals surface area contributed by atoms with Crippen molar-refractivity contribution in [3.63, 3.8) is 0 Å². The van der Waals surface area contributed by atoms with E-state index in [9.17, 15) is 5.11 Å². The Kier molecular flexibility index (Phi) is 3.47. The standard InChI is InChI=1S/C10H12OS2/c1-10(11,7-9(12)13)8-5-3-2-4-6-8/h2-6,11H,7H2,1H3,(H,12,13)/t10-/m1/s1. The Morgan fingerprint density at radius 3 is 2.46 bits per heavy atom. The SMILES string of the molecule is C[C@@](O)(CC(=S)S)c1ccccc1. The van der Waals surface area contributed by atoms with E-state index in [1.807, 2.05) is 30.3 Å². The molecule has 0 fully saturated rings. The second kappa shape index (κ2) is 4.22. The van der Waals surface area contributed by atoms with Crippen molar-refractivity contribution in [1.82, 2.24) is 0 Å². The summed E-state index contributed by atoms with van der Waals surface area (Å²) in [6.07, 6.45) is 0.398. The van der Waals surface area contributed by atoms with Crippen molar-refractivity contribution < 1.29 is 5.11 Å². The van der Waals surface area contributed by atoms with Crippen LogP contribution in [0.15, 0.2) is 30.3 Å². The molecule has 0 unspecified atom stereocenters. The molecular weight excluding hydrogens is 200 g/mol. The van der Waals surface area contributed by atoms with Gasteiger partial charge in [-0.05, 0) is 12.5 Å². The van der Waals surface area contributed by atoms with Crippen LogP contribution in [0.3, 0.4) is 0 Å². The van der Waals surface area contributed by atoms with Crippen LogP contribution in [0.5, 0.6) is 0 Å². The molecule has 1 atom stereocenters. The van der Waals surface area contributed by atoms with Gasteiger partial charge in [-0.2, -0.15) is 0 Å². The molecule has 13 heavy (non-hydrogen) atoms. The number of thiocarbonyl (C=S) groups is 1. The summed E-state index contributed by atoms with van der Waals surface area (Å²) in [7, 11) is 0. The fourth-order valence-corrected chi connectivity index (χ4v) is 1.78. The molecule has 1 aromatic rings. The molecule has 1 aromatic carbocycles. The van der Waals surface area contributed by atoms with Gasteiger partial charge in [-0.1, -0.05) is 42.5 Å². The third-order valence-corrected chi connectivity index (χ3v) is 2.19. The van der Waals surface area contributed by atoms with Crippen molar-refractivity contribution in [3.05, 3.63) is 35.9 Å². The molecular formula is C10H12OS2. The summed E-state index contributed by atoms with van der Waals surface area (Å²) >= 11 is 8.86. The van der Waals surface area contributed by atoms with E-state index in [0.717, 1.165) is 5.56 Å². The van der Waals surface area contributed by atoms with E-state index < -0.39 is 5.60 Å². The van der Waals surface area contributed by atoms with E-state index in [-0.39, 0.29) is 0 Å². The highest BCUT2D eigenvalue weighted by atomic mass is 32.1. The molecule has 0 aliphatic heterocycles. The summed E-state index contributed by atoms with van der Waals surface area (Å²) in [5, 5.41) is 10.0. The molecule has 0 aliphatic carbocycles. The van der Waals surface area contributed by atoms with Gasteiger partial charge in [0.25, 0.3) is 0 Å². The first-order chi connectivity index (χ1) is 6.02. The maximum Gasteiger partial charge on any atom is 0.0921 e. The van der Waals surface area contributed by atoms with Crippen LogP contribution in [0.1, 0.15) is 18.9 Å². The summed E-state index contributed by atoms with van der Waals surface area (Å²) in [6.45, 7) is 1.74. The van der Waals surface area contributed by atoms with E-state index in [4.69, 9.17) is 12.2 Å². The molecule has 1 nitrogen and oxygen atoms in total. The Hall–Kier alpha value is -0.380. The molecule has 0 bridgehead atoms. The van der Waals surface area contributed by atoms with Gasteiger partial charge in [-0.15, -0.1) is 12.6 Å². The molecule has 0 aromatic heterocycles. The van der Waals surface area contributed by atoms with Crippen molar-refractivity contribution in [1.29, 1.82) is 0 Å². The minimum atomic E-state index is -0.903. The zero-order chi connectivity index (χ0) is 9.90. The van der Waals surface area contributed by atoms with Crippen LogP contribution >= 0.6 is 24.8 Å². The normalized spacial score (nSPS) is 15.0. The van der Waals surface area contributed by atoms with Crippen molar-refractivity contribution in [2.24, 2.45) is 0 Å². The number of aliphatic hydroxyl groups is 1. The summed E-state index contributed by atoms with van der Waals surface area (Å²) < 4.78 is 0.522. The highest BCUT2D eigenvalue weighted by molar-refractivity contribution is 8.11. The molecule has 0 radical (unpaired) electrons. The van der Waals surface area contributed by atoms with Crippen LogP contribution < -0.4 is 0 Å². The smallest absolute Gasteiger partial charge is 0.0921 e. The third-order valence-electron chi connectivity index (χ3n) is 1.89. The molecule has 3 heteroatoms. The van der Waals surface area contributed by atoms with Gasteiger partial charge >= 0.3 is 0 Å². The fourth-order valence-electron chi connectivity index (χ4n) is 1.19. The van der Waals surface area contributed by atoms with Gasteiger partial charge in [0.2, 0.25) is 0 Å². The summed E-state index contributed by atoms with van der Waals surface area (Å²) in [5.41, 5.74) is -0.0356.